The molecule has 7 heteroatoms. The molecule has 0 radical (unpaired) electrons. The van der Waals surface area contributed by atoms with Crippen molar-refractivity contribution < 1.29 is 19.3 Å². The van der Waals surface area contributed by atoms with Gasteiger partial charge in [0.15, 0.2) is 5.78 Å². The van der Waals surface area contributed by atoms with E-state index in [4.69, 9.17) is 0 Å². The van der Waals surface area contributed by atoms with E-state index in [0.29, 0.717) is 27.8 Å². The van der Waals surface area contributed by atoms with Gasteiger partial charge in [-0.25, -0.2) is 4.90 Å². The van der Waals surface area contributed by atoms with Gasteiger partial charge in [0.25, 0.3) is 5.69 Å². The Balaban J connectivity index is 1.53. The lowest BCUT2D eigenvalue weighted by molar-refractivity contribution is -0.385. The first-order chi connectivity index (χ1) is 23.6. The zero-order valence-corrected chi connectivity index (χ0v) is 27.2. The van der Waals surface area contributed by atoms with Crippen molar-refractivity contribution >= 4 is 40.1 Å². The fourth-order valence-electron chi connectivity index (χ4n) is 8.75. The van der Waals surface area contributed by atoms with Crippen LogP contribution in [-0.2, 0) is 25.2 Å². The summed E-state index contributed by atoms with van der Waals surface area (Å²) in [7, 11) is 0. The predicted molar refractivity (Wildman–Crippen MR) is 188 cm³/mol. The predicted octanol–water partition coefficient (Wildman–Crippen LogP) is 7.71. The smallest absolute Gasteiger partial charge is 0.274 e. The number of anilines is 1. The van der Waals surface area contributed by atoms with E-state index >= 15 is 14.4 Å². The monoisotopic (exact) mass is 644 g/mol. The lowest BCUT2D eigenvalue weighted by Crippen LogP contribution is -2.45. The number of Topliss-reactive ketones (excluding diaryl/α,β-unsaturated/α-hetero) is 1. The van der Waals surface area contributed by atoms with E-state index in [1.165, 1.54) is 6.07 Å². The van der Waals surface area contributed by atoms with Gasteiger partial charge in [0.2, 0.25) is 11.8 Å². The largest absolute Gasteiger partial charge is 0.297 e. The Labute approximate surface area is 283 Å². The number of rotatable bonds is 6. The highest BCUT2D eigenvalue weighted by Crippen LogP contribution is 2.74. The van der Waals surface area contributed by atoms with Gasteiger partial charge >= 0.3 is 0 Å². The fraction of sp³-hybridized carbons (Fsp3) is 0.167. The van der Waals surface area contributed by atoms with Gasteiger partial charge in [0.05, 0.1) is 33.3 Å². The molecule has 1 aliphatic heterocycles. The molecule has 5 aromatic rings. The molecule has 1 saturated heterocycles. The number of hydrogen-bond acceptors (Lipinski definition) is 5. The molecule has 1 saturated carbocycles. The number of benzene rings is 5. The molecule has 2 amide bonds. The van der Waals surface area contributed by atoms with E-state index in [2.05, 4.69) is 0 Å². The standard InChI is InChI=1S/C42H32N2O5/c1-25-14-19-28(20-15-25)34-35(29-21-16-26(2)17-22-29)42(31-12-8-5-9-13-31)37-36(41(34,40(42)47)30-10-6-4-7-11-30)38(45)43(39(37)46)32-23-18-27(3)33(24-32)44(48)49/h4-24,36-37H,1-3H3/t36-,37-,41-,42-/m1/s1. The average Bonchev–Trinajstić information content (AvgIpc) is 3.62. The van der Waals surface area contributed by atoms with Crippen LogP contribution in [0.25, 0.3) is 11.1 Å². The van der Waals surface area contributed by atoms with Crippen LogP contribution in [0.2, 0.25) is 0 Å². The third kappa shape index (κ3) is 3.93. The Hall–Kier alpha value is -5.95. The molecule has 2 fully saturated rings. The number of allylic oxidation sites excluding steroid dienone is 2. The number of aryl methyl sites for hydroxylation is 3. The van der Waals surface area contributed by atoms with E-state index in [1.54, 1.807) is 19.1 Å². The normalized spacial score (nSPS) is 24.1. The van der Waals surface area contributed by atoms with Gasteiger partial charge in [0, 0.05) is 11.6 Å². The first-order valence-electron chi connectivity index (χ1n) is 16.3. The second-order valence-corrected chi connectivity index (χ2v) is 13.4. The van der Waals surface area contributed by atoms with Crippen molar-refractivity contribution in [2.45, 2.75) is 31.6 Å². The van der Waals surface area contributed by atoms with E-state index in [0.717, 1.165) is 27.2 Å². The van der Waals surface area contributed by atoms with E-state index < -0.39 is 39.4 Å². The Morgan fingerprint density at radius 2 is 1.02 bits per heavy atom. The number of imide groups is 1. The Kier molecular flexibility index (Phi) is 6.69. The number of ketones is 1. The molecule has 4 atom stereocenters. The van der Waals surface area contributed by atoms with Crippen molar-refractivity contribution in [3.05, 3.63) is 176 Å². The third-order valence-corrected chi connectivity index (χ3v) is 10.8. The molecule has 240 valence electrons. The van der Waals surface area contributed by atoms with Gasteiger partial charge in [-0.15, -0.1) is 0 Å². The second kappa shape index (κ2) is 10.8. The Bertz CT molecular complexity index is 2120. The maximum atomic E-state index is 16.0. The zero-order chi connectivity index (χ0) is 34.2. The fourth-order valence-corrected chi connectivity index (χ4v) is 8.75. The number of fused-ring (bicyclic) bond motifs is 5. The first-order valence-corrected chi connectivity index (χ1v) is 16.3. The van der Waals surface area contributed by atoms with E-state index in [9.17, 15) is 10.1 Å². The lowest BCUT2D eigenvalue weighted by Gasteiger charge is -2.39. The molecule has 49 heavy (non-hydrogen) atoms. The summed E-state index contributed by atoms with van der Waals surface area (Å²) in [5.74, 6) is -3.52. The number of amides is 2. The van der Waals surface area contributed by atoms with Crippen molar-refractivity contribution in [3.8, 4) is 0 Å². The van der Waals surface area contributed by atoms with E-state index in [-0.39, 0.29) is 17.2 Å². The van der Waals surface area contributed by atoms with Crippen molar-refractivity contribution in [2.75, 3.05) is 4.90 Å². The van der Waals surface area contributed by atoms with Gasteiger partial charge in [0.1, 0.15) is 0 Å². The molecule has 2 aliphatic carbocycles. The molecule has 8 rings (SSSR count). The summed E-state index contributed by atoms with van der Waals surface area (Å²) in [5, 5.41) is 12.0. The highest BCUT2D eigenvalue weighted by molar-refractivity contribution is 6.39. The van der Waals surface area contributed by atoms with Crippen LogP contribution >= 0.6 is 0 Å². The number of carbonyl (C=O) groups excluding carboxylic acids is 3. The lowest BCUT2D eigenvalue weighted by atomic mass is 9.59. The van der Waals surface area contributed by atoms with Crippen LogP contribution in [0.4, 0.5) is 11.4 Å². The van der Waals surface area contributed by atoms with Crippen molar-refractivity contribution in [1.82, 2.24) is 0 Å². The number of nitro benzene ring substituents is 1. The zero-order valence-electron chi connectivity index (χ0n) is 27.2. The SMILES string of the molecule is Cc1ccc(C2=C(c3ccc(C)cc3)[C@@]3(c4ccccc4)C(=O)[C@@]2(c2ccccc2)[C@H]2C(=O)N(c4ccc(C)c([N+](=O)[O-])c4)C(=O)[C@@H]23)cc1. The van der Waals surface area contributed by atoms with Crippen molar-refractivity contribution in [1.29, 1.82) is 0 Å². The molecule has 0 spiro atoms. The minimum absolute atomic E-state index is 0.119. The minimum Gasteiger partial charge on any atom is -0.297 e. The summed E-state index contributed by atoms with van der Waals surface area (Å²) in [4.78, 5) is 58.8. The molecule has 0 unspecified atom stereocenters. The Morgan fingerprint density at radius 1 is 0.592 bits per heavy atom. The summed E-state index contributed by atoms with van der Waals surface area (Å²) in [6.45, 7) is 5.61. The maximum Gasteiger partial charge on any atom is 0.274 e. The quantitative estimate of drug-likeness (QED) is 0.107. The second-order valence-electron chi connectivity index (χ2n) is 13.4. The minimum atomic E-state index is -1.55. The topological polar surface area (TPSA) is 97.6 Å². The van der Waals surface area contributed by atoms with Crippen molar-refractivity contribution in [2.24, 2.45) is 11.8 Å². The van der Waals surface area contributed by atoms with Crippen LogP contribution in [0.5, 0.6) is 0 Å². The molecular formula is C42H32N2O5. The Morgan fingerprint density at radius 3 is 1.43 bits per heavy atom. The molecule has 1 heterocycles. The van der Waals surface area contributed by atoms with Gasteiger partial charge in [-0.3, -0.25) is 24.5 Å². The summed E-state index contributed by atoms with van der Waals surface area (Å²) < 4.78 is 0. The highest BCUT2D eigenvalue weighted by atomic mass is 16.6. The third-order valence-electron chi connectivity index (χ3n) is 10.8. The van der Waals surface area contributed by atoms with Crippen LogP contribution in [0.3, 0.4) is 0 Å². The van der Waals surface area contributed by atoms with Gasteiger partial charge in [-0.05, 0) is 60.2 Å². The molecule has 5 aromatic carbocycles. The van der Waals surface area contributed by atoms with Crippen LogP contribution < -0.4 is 4.90 Å². The molecule has 3 aliphatic rings. The molecule has 0 aromatic heterocycles. The van der Waals surface area contributed by atoms with Gasteiger partial charge in [-0.1, -0.05) is 126 Å². The highest BCUT2D eigenvalue weighted by Gasteiger charge is 2.82. The number of nitrogens with zero attached hydrogens (tertiary/aromatic N) is 2. The molecule has 0 N–H and O–H groups in total. The van der Waals surface area contributed by atoms with Gasteiger partial charge < -0.3 is 0 Å². The summed E-state index contributed by atoms with van der Waals surface area (Å²) in [6, 6.07) is 39.0. The molecular weight excluding hydrogens is 612 g/mol. The summed E-state index contributed by atoms with van der Waals surface area (Å²) in [5.41, 5.74) is 3.58. The maximum absolute atomic E-state index is 16.0. The van der Waals surface area contributed by atoms with Crippen LogP contribution in [-0.4, -0.2) is 22.5 Å². The molecule has 7 nitrogen and oxygen atoms in total. The summed E-state index contributed by atoms with van der Waals surface area (Å²) >= 11 is 0. The average molecular weight is 645 g/mol. The van der Waals surface area contributed by atoms with Gasteiger partial charge in [-0.2, -0.15) is 0 Å². The summed E-state index contributed by atoms with van der Waals surface area (Å²) in [6.07, 6.45) is 0. The number of nitro groups is 1. The first kappa shape index (κ1) is 30.4. The number of carbonyl (C=O) groups is 3. The van der Waals surface area contributed by atoms with Crippen LogP contribution in [0.15, 0.2) is 127 Å². The van der Waals surface area contributed by atoms with Crippen molar-refractivity contribution in [3.63, 3.8) is 0 Å². The van der Waals surface area contributed by atoms with Crippen LogP contribution in [0, 0.1) is 42.7 Å². The van der Waals surface area contributed by atoms with E-state index in [1.807, 2.05) is 123 Å². The number of hydrogen-bond donors (Lipinski definition) is 0. The van der Waals surface area contributed by atoms with Crippen LogP contribution in [0.1, 0.15) is 38.9 Å². The molecule has 2 bridgehead atoms.